The van der Waals surface area contributed by atoms with Gasteiger partial charge in [0, 0.05) is 26.2 Å². The standard InChI is InChI=1S/C16H26N2O4S2/c1-14(2)13-15-5-7-16(8-6-15)24(21,22)18-10-4-9-17(11-12-18)23(3,19)20/h5-8,14H,4,9-13H2,1-3H3. The Hall–Kier alpha value is -0.960. The van der Waals surface area contributed by atoms with Gasteiger partial charge in [-0.1, -0.05) is 26.0 Å². The highest BCUT2D eigenvalue weighted by Gasteiger charge is 2.29. The molecular weight excluding hydrogens is 348 g/mol. The van der Waals surface area contributed by atoms with E-state index in [1.54, 1.807) is 12.1 Å². The molecule has 1 saturated heterocycles. The van der Waals surface area contributed by atoms with Gasteiger partial charge in [-0.05, 0) is 36.5 Å². The molecule has 1 aliphatic heterocycles. The van der Waals surface area contributed by atoms with Gasteiger partial charge in [0.25, 0.3) is 0 Å². The van der Waals surface area contributed by atoms with E-state index in [-0.39, 0.29) is 18.0 Å². The van der Waals surface area contributed by atoms with Crippen LogP contribution in [0.4, 0.5) is 0 Å². The van der Waals surface area contributed by atoms with E-state index in [0.29, 0.717) is 25.4 Å². The van der Waals surface area contributed by atoms with Gasteiger partial charge < -0.3 is 0 Å². The number of hydrogen-bond donors (Lipinski definition) is 0. The minimum Gasteiger partial charge on any atom is -0.213 e. The van der Waals surface area contributed by atoms with Crippen molar-refractivity contribution < 1.29 is 16.8 Å². The summed E-state index contributed by atoms with van der Waals surface area (Å²) in [5, 5.41) is 0. The average Bonchev–Trinajstić information content (AvgIpc) is 2.73. The molecule has 8 heteroatoms. The Labute approximate surface area is 145 Å². The summed E-state index contributed by atoms with van der Waals surface area (Å²) in [7, 11) is -6.88. The molecular formula is C16H26N2O4S2. The lowest BCUT2D eigenvalue weighted by molar-refractivity contribution is 0.406. The molecule has 1 fully saturated rings. The fourth-order valence-corrected chi connectivity index (χ4v) is 5.20. The van der Waals surface area contributed by atoms with Crippen molar-refractivity contribution in [2.24, 2.45) is 5.92 Å². The van der Waals surface area contributed by atoms with Crippen LogP contribution in [0.3, 0.4) is 0 Å². The summed E-state index contributed by atoms with van der Waals surface area (Å²) in [4.78, 5) is 0.266. The van der Waals surface area contributed by atoms with Gasteiger partial charge in [-0.3, -0.25) is 0 Å². The zero-order valence-electron chi connectivity index (χ0n) is 14.5. The molecule has 0 saturated carbocycles. The summed E-state index contributed by atoms with van der Waals surface area (Å²) in [5.74, 6) is 0.514. The molecule has 0 unspecified atom stereocenters. The SMILES string of the molecule is CC(C)Cc1ccc(S(=O)(=O)N2CCCN(S(C)(=O)=O)CC2)cc1. The summed E-state index contributed by atoms with van der Waals surface area (Å²) in [6, 6.07) is 7.00. The molecule has 1 aliphatic rings. The number of hydrogen-bond acceptors (Lipinski definition) is 4. The van der Waals surface area contributed by atoms with Crippen molar-refractivity contribution in [3.63, 3.8) is 0 Å². The first-order valence-electron chi connectivity index (χ1n) is 8.15. The number of rotatable bonds is 5. The molecule has 0 spiro atoms. The average molecular weight is 375 g/mol. The van der Waals surface area contributed by atoms with Crippen LogP contribution in [0.5, 0.6) is 0 Å². The minimum absolute atomic E-state index is 0.184. The molecule has 6 nitrogen and oxygen atoms in total. The molecule has 24 heavy (non-hydrogen) atoms. The van der Waals surface area contributed by atoms with E-state index in [4.69, 9.17) is 0 Å². The summed E-state index contributed by atoms with van der Waals surface area (Å²) in [6.07, 6.45) is 2.57. The van der Waals surface area contributed by atoms with Crippen molar-refractivity contribution in [1.29, 1.82) is 0 Å². The lowest BCUT2D eigenvalue weighted by Gasteiger charge is -2.21. The highest BCUT2D eigenvalue weighted by atomic mass is 32.2. The summed E-state index contributed by atoms with van der Waals surface area (Å²) in [6.45, 7) is 5.32. The first-order valence-corrected chi connectivity index (χ1v) is 11.4. The molecule has 2 rings (SSSR count). The second-order valence-electron chi connectivity index (χ2n) is 6.66. The van der Waals surface area contributed by atoms with Gasteiger partial charge in [-0.15, -0.1) is 0 Å². The van der Waals surface area contributed by atoms with Crippen LogP contribution >= 0.6 is 0 Å². The first-order chi connectivity index (χ1) is 11.1. The molecule has 0 N–H and O–H groups in total. The van der Waals surface area contributed by atoms with E-state index >= 15 is 0 Å². The molecule has 0 radical (unpaired) electrons. The van der Waals surface area contributed by atoms with E-state index in [1.165, 1.54) is 8.61 Å². The van der Waals surface area contributed by atoms with Crippen molar-refractivity contribution in [3.8, 4) is 0 Å². The third-order valence-corrected chi connectivity index (χ3v) is 7.30. The van der Waals surface area contributed by atoms with Crippen LogP contribution in [-0.4, -0.2) is 57.9 Å². The van der Waals surface area contributed by atoms with Crippen LogP contribution in [0.25, 0.3) is 0 Å². The Balaban J connectivity index is 2.15. The lowest BCUT2D eigenvalue weighted by Crippen LogP contribution is -2.36. The van der Waals surface area contributed by atoms with Crippen molar-refractivity contribution >= 4 is 20.0 Å². The third-order valence-electron chi connectivity index (χ3n) is 4.09. The first kappa shape index (κ1) is 19.4. The van der Waals surface area contributed by atoms with Crippen LogP contribution in [0.2, 0.25) is 0 Å². The second-order valence-corrected chi connectivity index (χ2v) is 10.6. The number of nitrogens with zero attached hydrogens (tertiary/aromatic N) is 2. The van der Waals surface area contributed by atoms with Gasteiger partial charge in [-0.25, -0.2) is 21.1 Å². The predicted octanol–water partition coefficient (Wildman–Crippen LogP) is 1.54. The second kappa shape index (κ2) is 7.51. The fraction of sp³-hybridized carbons (Fsp3) is 0.625. The Bertz CT molecular complexity index is 756. The van der Waals surface area contributed by atoms with Crippen LogP contribution in [0.15, 0.2) is 29.2 Å². The lowest BCUT2D eigenvalue weighted by atomic mass is 10.0. The van der Waals surface area contributed by atoms with Crippen molar-refractivity contribution in [2.45, 2.75) is 31.6 Å². The minimum atomic E-state index is -3.59. The third kappa shape index (κ3) is 4.78. The quantitative estimate of drug-likeness (QED) is 0.783. The zero-order valence-corrected chi connectivity index (χ0v) is 16.1. The van der Waals surface area contributed by atoms with E-state index < -0.39 is 20.0 Å². The van der Waals surface area contributed by atoms with Crippen molar-refractivity contribution in [2.75, 3.05) is 32.4 Å². The Kier molecular flexibility index (Phi) is 6.06. The Morgan fingerprint density at radius 1 is 0.917 bits per heavy atom. The Morgan fingerprint density at radius 2 is 1.46 bits per heavy atom. The molecule has 0 bridgehead atoms. The fourth-order valence-electron chi connectivity index (χ4n) is 2.86. The molecule has 0 atom stereocenters. The van der Waals surface area contributed by atoms with Gasteiger partial charge in [0.1, 0.15) is 0 Å². The van der Waals surface area contributed by atoms with Gasteiger partial charge in [0.2, 0.25) is 20.0 Å². The van der Waals surface area contributed by atoms with Crippen LogP contribution in [0.1, 0.15) is 25.8 Å². The van der Waals surface area contributed by atoms with Crippen LogP contribution in [-0.2, 0) is 26.5 Å². The van der Waals surface area contributed by atoms with Gasteiger partial charge in [0.05, 0.1) is 11.2 Å². The van der Waals surface area contributed by atoms with Crippen molar-refractivity contribution in [1.82, 2.24) is 8.61 Å². The molecule has 1 aromatic rings. The maximum Gasteiger partial charge on any atom is 0.243 e. The monoisotopic (exact) mass is 374 g/mol. The van der Waals surface area contributed by atoms with Gasteiger partial charge >= 0.3 is 0 Å². The zero-order chi connectivity index (χ0) is 18.0. The molecule has 0 aromatic heterocycles. The van der Waals surface area contributed by atoms with Gasteiger partial charge in [-0.2, -0.15) is 4.31 Å². The molecule has 1 aromatic carbocycles. The normalized spacial score (nSPS) is 18.7. The molecule has 136 valence electrons. The summed E-state index contributed by atoms with van der Waals surface area (Å²) >= 11 is 0. The molecule has 0 amide bonds. The number of benzene rings is 1. The van der Waals surface area contributed by atoms with Crippen LogP contribution < -0.4 is 0 Å². The topological polar surface area (TPSA) is 74.8 Å². The van der Waals surface area contributed by atoms with E-state index in [2.05, 4.69) is 13.8 Å². The van der Waals surface area contributed by atoms with E-state index in [9.17, 15) is 16.8 Å². The molecule has 1 heterocycles. The van der Waals surface area contributed by atoms with Crippen LogP contribution in [0, 0.1) is 5.92 Å². The Morgan fingerprint density at radius 3 is 2.00 bits per heavy atom. The highest BCUT2D eigenvalue weighted by molar-refractivity contribution is 7.89. The van der Waals surface area contributed by atoms with E-state index in [1.807, 2.05) is 12.1 Å². The summed E-state index contributed by atoms with van der Waals surface area (Å²) < 4.78 is 51.6. The van der Waals surface area contributed by atoms with E-state index in [0.717, 1.165) is 18.2 Å². The van der Waals surface area contributed by atoms with Gasteiger partial charge in [0.15, 0.2) is 0 Å². The highest BCUT2D eigenvalue weighted by Crippen LogP contribution is 2.20. The smallest absolute Gasteiger partial charge is 0.213 e. The largest absolute Gasteiger partial charge is 0.243 e. The maximum absolute atomic E-state index is 12.8. The number of sulfonamides is 2. The van der Waals surface area contributed by atoms with Crippen molar-refractivity contribution in [3.05, 3.63) is 29.8 Å². The predicted molar refractivity (Wildman–Crippen MR) is 94.8 cm³/mol. The molecule has 0 aliphatic carbocycles. The summed E-state index contributed by atoms with van der Waals surface area (Å²) in [5.41, 5.74) is 1.11. The maximum atomic E-state index is 12.8.